The molecule has 4 aliphatic carbocycles. The molecule has 22 heavy (non-hydrogen) atoms. The smallest absolute Gasteiger partial charge is 0.152 e. The molecule has 4 aliphatic rings. The number of carbonyl (C=O) groups excluding carboxylic acids is 1. The molecule has 2 heteroatoms. The average Bonchev–Trinajstić information content (AvgIpc) is 2.46. The Bertz CT molecular complexity index is 563. The van der Waals surface area contributed by atoms with E-state index in [0.29, 0.717) is 12.3 Å². The van der Waals surface area contributed by atoms with Crippen molar-refractivity contribution >= 4 is 5.78 Å². The van der Waals surface area contributed by atoms with Gasteiger partial charge in [0, 0.05) is 5.41 Å². The number of Topliss-reactive ketones (excluding diaryl/α,β-unsaturated/α-hetero) is 1. The number of hydrogen-bond acceptors (Lipinski definition) is 2. The minimum absolute atomic E-state index is 0.0236. The lowest BCUT2D eigenvalue weighted by atomic mass is 9.42. The Morgan fingerprint density at radius 3 is 2.32 bits per heavy atom. The second-order valence-electron chi connectivity index (χ2n) is 8.55. The molecule has 4 fully saturated rings. The maximum absolute atomic E-state index is 13.0. The summed E-state index contributed by atoms with van der Waals surface area (Å²) in [7, 11) is 4.04. The van der Waals surface area contributed by atoms with Gasteiger partial charge in [-0.2, -0.15) is 0 Å². The van der Waals surface area contributed by atoms with Crippen LogP contribution in [0, 0.1) is 17.3 Å². The van der Waals surface area contributed by atoms with Crippen molar-refractivity contribution in [2.24, 2.45) is 17.3 Å². The molecule has 1 aromatic carbocycles. The maximum Gasteiger partial charge on any atom is 0.152 e. The lowest BCUT2D eigenvalue weighted by Gasteiger charge is -2.62. The Labute approximate surface area is 133 Å². The van der Waals surface area contributed by atoms with Gasteiger partial charge in [0.1, 0.15) is 0 Å². The van der Waals surface area contributed by atoms with E-state index in [1.807, 2.05) is 14.1 Å². The zero-order valence-corrected chi connectivity index (χ0v) is 13.8. The Morgan fingerprint density at radius 1 is 1.09 bits per heavy atom. The summed E-state index contributed by atoms with van der Waals surface area (Å²) in [6.45, 7) is 0.615. The number of likely N-dealkylation sites (N-methyl/N-ethyl adjacent to an activating group) is 1. The summed E-state index contributed by atoms with van der Waals surface area (Å²) < 4.78 is 0. The van der Waals surface area contributed by atoms with Crippen LogP contribution in [0.2, 0.25) is 0 Å². The molecular weight excluding hydrogens is 270 g/mol. The Balaban J connectivity index is 1.71. The Hall–Kier alpha value is -1.15. The van der Waals surface area contributed by atoms with E-state index in [1.165, 1.54) is 24.8 Å². The van der Waals surface area contributed by atoms with Crippen molar-refractivity contribution in [2.75, 3.05) is 20.6 Å². The van der Waals surface area contributed by atoms with Crippen LogP contribution in [0.4, 0.5) is 0 Å². The van der Waals surface area contributed by atoms with Crippen molar-refractivity contribution < 1.29 is 4.79 Å². The van der Waals surface area contributed by atoms with E-state index < -0.39 is 0 Å². The van der Waals surface area contributed by atoms with Crippen LogP contribution < -0.4 is 0 Å². The van der Waals surface area contributed by atoms with E-state index >= 15 is 0 Å². The summed E-state index contributed by atoms with van der Waals surface area (Å²) in [5.41, 5.74) is 1.75. The lowest BCUT2D eigenvalue weighted by molar-refractivity contribution is -0.147. The first-order valence-electron chi connectivity index (χ1n) is 8.75. The fourth-order valence-corrected chi connectivity index (χ4v) is 6.17. The molecule has 5 rings (SSSR count). The Morgan fingerprint density at radius 2 is 1.73 bits per heavy atom. The molecule has 0 aliphatic heterocycles. The first-order valence-corrected chi connectivity index (χ1v) is 8.75. The van der Waals surface area contributed by atoms with Gasteiger partial charge in [0.2, 0.25) is 0 Å². The molecule has 0 radical (unpaired) electrons. The molecule has 0 amide bonds. The van der Waals surface area contributed by atoms with E-state index in [1.54, 1.807) is 0 Å². The second kappa shape index (κ2) is 4.92. The minimum Gasteiger partial charge on any atom is -0.302 e. The molecule has 0 saturated heterocycles. The van der Waals surface area contributed by atoms with Gasteiger partial charge in [-0.15, -0.1) is 0 Å². The molecule has 2 nitrogen and oxygen atoms in total. The number of rotatable bonds is 4. The van der Waals surface area contributed by atoms with E-state index in [2.05, 4.69) is 35.2 Å². The van der Waals surface area contributed by atoms with Crippen molar-refractivity contribution in [3.8, 4) is 0 Å². The van der Waals surface area contributed by atoms with Crippen LogP contribution in [-0.2, 0) is 10.2 Å². The summed E-state index contributed by atoms with van der Waals surface area (Å²) in [5, 5.41) is 0. The fraction of sp³-hybridized carbons (Fsp3) is 0.650. The quantitative estimate of drug-likeness (QED) is 0.845. The molecule has 118 valence electrons. The molecule has 4 saturated carbocycles. The lowest BCUT2D eigenvalue weighted by Crippen LogP contribution is -2.57. The zero-order valence-electron chi connectivity index (χ0n) is 13.8. The number of carbonyl (C=O) groups is 1. The number of ketones is 1. The van der Waals surface area contributed by atoms with Gasteiger partial charge in [0.05, 0.1) is 6.54 Å². The van der Waals surface area contributed by atoms with Gasteiger partial charge in [0.15, 0.2) is 5.78 Å². The van der Waals surface area contributed by atoms with Crippen molar-refractivity contribution in [3.63, 3.8) is 0 Å². The SMILES string of the molecule is CN(C)CC(=O)C12C[C@H]3C[C@H](C1)CC(c1ccccc1)(C3)C2. The van der Waals surface area contributed by atoms with E-state index in [-0.39, 0.29) is 10.8 Å². The molecule has 0 unspecified atom stereocenters. The third-order valence-electron chi connectivity index (χ3n) is 6.50. The van der Waals surface area contributed by atoms with Crippen molar-refractivity contribution in [1.29, 1.82) is 0 Å². The third kappa shape index (κ3) is 2.15. The topological polar surface area (TPSA) is 20.3 Å². The average molecular weight is 297 g/mol. The molecular formula is C20H27NO. The van der Waals surface area contributed by atoms with Crippen LogP contribution in [-0.4, -0.2) is 31.3 Å². The molecule has 0 N–H and O–H groups in total. The van der Waals surface area contributed by atoms with Gasteiger partial charge < -0.3 is 4.90 Å². The predicted molar refractivity (Wildman–Crippen MR) is 88.8 cm³/mol. The molecule has 0 aromatic heterocycles. The monoisotopic (exact) mass is 297 g/mol. The second-order valence-corrected chi connectivity index (χ2v) is 8.55. The van der Waals surface area contributed by atoms with Crippen LogP contribution >= 0.6 is 0 Å². The third-order valence-corrected chi connectivity index (χ3v) is 6.50. The molecule has 2 atom stereocenters. The van der Waals surface area contributed by atoms with Crippen LogP contribution in [0.1, 0.15) is 44.1 Å². The molecule has 0 heterocycles. The largest absolute Gasteiger partial charge is 0.302 e. The highest BCUT2D eigenvalue weighted by molar-refractivity contribution is 5.87. The summed E-state index contributed by atoms with van der Waals surface area (Å²) in [6.07, 6.45) is 7.40. The van der Waals surface area contributed by atoms with Crippen molar-refractivity contribution in [3.05, 3.63) is 35.9 Å². The van der Waals surface area contributed by atoms with E-state index in [4.69, 9.17) is 0 Å². The summed E-state index contributed by atoms with van der Waals surface area (Å²) >= 11 is 0. The van der Waals surface area contributed by atoms with Gasteiger partial charge in [-0.1, -0.05) is 30.3 Å². The summed E-state index contributed by atoms with van der Waals surface area (Å²) in [6, 6.07) is 11.1. The van der Waals surface area contributed by atoms with Crippen LogP contribution in [0.25, 0.3) is 0 Å². The fourth-order valence-electron chi connectivity index (χ4n) is 6.17. The van der Waals surface area contributed by atoms with Crippen molar-refractivity contribution in [1.82, 2.24) is 4.90 Å². The van der Waals surface area contributed by atoms with Gasteiger partial charge >= 0.3 is 0 Å². The van der Waals surface area contributed by atoms with Crippen LogP contribution in [0.3, 0.4) is 0 Å². The highest BCUT2D eigenvalue weighted by Crippen LogP contribution is 2.65. The predicted octanol–water partition coefficient (Wildman–Crippen LogP) is 3.66. The zero-order chi connectivity index (χ0) is 15.4. The highest BCUT2D eigenvalue weighted by atomic mass is 16.1. The normalized spacial score (nSPS) is 39.4. The number of benzene rings is 1. The maximum atomic E-state index is 13.0. The standard InChI is InChI=1S/C20H27NO/c1-21(2)13-18(22)20-11-15-8-16(12-20)10-19(9-15,14-20)17-6-4-3-5-7-17/h3-7,15-16H,8-14H2,1-2H3/t15-,16-,19?,20?/m0/s1. The highest BCUT2D eigenvalue weighted by Gasteiger charge is 2.60. The number of nitrogens with zero attached hydrogens (tertiary/aromatic N) is 1. The first kappa shape index (κ1) is 14.4. The van der Waals surface area contributed by atoms with Crippen LogP contribution in [0.15, 0.2) is 30.3 Å². The van der Waals surface area contributed by atoms with Gasteiger partial charge in [-0.25, -0.2) is 0 Å². The van der Waals surface area contributed by atoms with E-state index in [9.17, 15) is 4.79 Å². The van der Waals surface area contributed by atoms with Crippen LogP contribution in [0.5, 0.6) is 0 Å². The van der Waals surface area contributed by atoms with Gasteiger partial charge in [-0.05, 0) is 75.4 Å². The van der Waals surface area contributed by atoms with Gasteiger partial charge in [-0.3, -0.25) is 4.79 Å². The molecule has 1 aromatic rings. The first-order chi connectivity index (χ1) is 10.5. The van der Waals surface area contributed by atoms with E-state index in [0.717, 1.165) is 31.1 Å². The van der Waals surface area contributed by atoms with Gasteiger partial charge in [0.25, 0.3) is 0 Å². The molecule has 0 spiro atoms. The molecule has 4 bridgehead atoms. The number of hydrogen-bond donors (Lipinski definition) is 0. The minimum atomic E-state index is -0.0236. The van der Waals surface area contributed by atoms with Crippen molar-refractivity contribution in [2.45, 2.75) is 43.9 Å². The summed E-state index contributed by atoms with van der Waals surface area (Å²) in [5.74, 6) is 2.05. The summed E-state index contributed by atoms with van der Waals surface area (Å²) in [4.78, 5) is 15.1. The Kier molecular flexibility index (Phi) is 3.23.